The van der Waals surface area contributed by atoms with Crippen LogP contribution in [0.25, 0.3) is 0 Å². The van der Waals surface area contributed by atoms with Gasteiger partial charge in [-0.1, -0.05) is 23.7 Å². The third-order valence-electron chi connectivity index (χ3n) is 7.33. The summed E-state index contributed by atoms with van der Waals surface area (Å²) >= 11 is 8.00. The van der Waals surface area contributed by atoms with Crippen LogP contribution in [0.3, 0.4) is 0 Å². The van der Waals surface area contributed by atoms with Crippen LogP contribution >= 0.6 is 23.4 Å². The highest BCUT2D eigenvalue weighted by Gasteiger charge is 2.76. The third kappa shape index (κ3) is 3.42. The van der Waals surface area contributed by atoms with Gasteiger partial charge in [0.2, 0.25) is 17.7 Å². The van der Waals surface area contributed by atoms with Gasteiger partial charge in [-0.2, -0.15) is 0 Å². The number of carbonyl (C=O) groups is 3. The van der Waals surface area contributed by atoms with Crippen LogP contribution in [0.2, 0.25) is 5.02 Å². The lowest BCUT2D eigenvalue weighted by molar-refractivity contribution is -0.140. The number of benzene rings is 1. The van der Waals surface area contributed by atoms with E-state index in [1.54, 1.807) is 29.8 Å². The van der Waals surface area contributed by atoms with Gasteiger partial charge >= 0.3 is 0 Å². The van der Waals surface area contributed by atoms with E-state index in [2.05, 4.69) is 10.6 Å². The molecule has 2 bridgehead atoms. The normalized spacial score (nSPS) is 32.8. The molecule has 32 heavy (non-hydrogen) atoms. The zero-order valence-corrected chi connectivity index (χ0v) is 20.2. The summed E-state index contributed by atoms with van der Waals surface area (Å²) in [5.74, 6) is -1.56. The molecule has 1 aromatic rings. The summed E-state index contributed by atoms with van der Waals surface area (Å²) in [7, 11) is 1.60. The molecule has 5 atom stereocenters. The Kier molecular flexibility index (Phi) is 6.24. The lowest BCUT2D eigenvalue weighted by Gasteiger charge is -2.34. The molecule has 9 heteroatoms. The van der Waals surface area contributed by atoms with Gasteiger partial charge in [-0.25, -0.2) is 0 Å². The van der Waals surface area contributed by atoms with Crippen LogP contribution < -0.4 is 10.6 Å². The van der Waals surface area contributed by atoms with E-state index < -0.39 is 22.6 Å². The molecular formula is C23H30ClN3O4S. The number of rotatable bonds is 7. The average Bonchev–Trinajstić information content (AvgIpc) is 3.31. The van der Waals surface area contributed by atoms with E-state index >= 15 is 0 Å². The van der Waals surface area contributed by atoms with Crippen LogP contribution in [0.4, 0.5) is 5.69 Å². The second-order valence-electron chi connectivity index (χ2n) is 9.23. The van der Waals surface area contributed by atoms with Crippen molar-refractivity contribution in [1.29, 1.82) is 0 Å². The van der Waals surface area contributed by atoms with E-state index in [0.29, 0.717) is 36.5 Å². The van der Waals surface area contributed by atoms with Crippen LogP contribution in [-0.4, -0.2) is 63.5 Å². The van der Waals surface area contributed by atoms with Gasteiger partial charge in [0.05, 0.1) is 27.3 Å². The fraction of sp³-hybridized carbons (Fsp3) is 0.609. The van der Waals surface area contributed by atoms with Gasteiger partial charge in [0, 0.05) is 24.9 Å². The van der Waals surface area contributed by atoms with Gasteiger partial charge < -0.3 is 20.6 Å². The molecule has 0 saturated carbocycles. The summed E-state index contributed by atoms with van der Waals surface area (Å²) in [5.41, 5.74) is 1.39. The monoisotopic (exact) mass is 479 g/mol. The zero-order chi connectivity index (χ0) is 23.3. The summed E-state index contributed by atoms with van der Waals surface area (Å²) in [6.45, 7) is 4.32. The number of aliphatic hydroxyl groups is 1. The Hall–Kier alpha value is -1.77. The molecule has 0 aliphatic carbocycles. The molecule has 1 aromatic carbocycles. The standard InChI is InChI=1S/C23H30ClN3O4S/c1-13-7-6-8-14(24)17(13)26-20(30)18-23-10-9-22(2,32-23)15(19(29)25-3)16(23)21(31)27(18)11-4-5-12-28/h6-8,15-16,18,28H,4-5,9-12H2,1-3H3,(H,25,29)(H,26,30)/t15-,16+,18?,22+,23?/m1/s1. The van der Waals surface area contributed by atoms with Crippen LogP contribution in [0.15, 0.2) is 18.2 Å². The lowest BCUT2D eigenvalue weighted by Crippen LogP contribution is -2.52. The number of hydrogen-bond acceptors (Lipinski definition) is 5. The number of para-hydroxylation sites is 1. The topological polar surface area (TPSA) is 98.7 Å². The molecule has 7 nitrogen and oxygen atoms in total. The number of likely N-dealkylation sites (tertiary alicyclic amines) is 1. The fourth-order valence-electron chi connectivity index (χ4n) is 5.90. The molecule has 4 rings (SSSR count). The van der Waals surface area contributed by atoms with Crippen LogP contribution in [0, 0.1) is 18.8 Å². The second kappa shape index (κ2) is 8.54. The van der Waals surface area contributed by atoms with Gasteiger partial charge in [0.1, 0.15) is 6.04 Å². The zero-order valence-electron chi connectivity index (χ0n) is 18.6. The molecule has 2 unspecified atom stereocenters. The van der Waals surface area contributed by atoms with Crippen LogP contribution in [0.5, 0.6) is 0 Å². The fourth-order valence-corrected chi connectivity index (χ4v) is 8.52. The number of amides is 3. The van der Waals surface area contributed by atoms with Gasteiger partial charge in [-0.3, -0.25) is 14.4 Å². The van der Waals surface area contributed by atoms with Gasteiger partial charge in [0.15, 0.2) is 0 Å². The number of unbranched alkanes of at least 4 members (excludes halogenated alkanes) is 1. The van der Waals surface area contributed by atoms with Gasteiger partial charge in [0.25, 0.3) is 0 Å². The average molecular weight is 480 g/mol. The Bertz CT molecular complexity index is 939. The quantitative estimate of drug-likeness (QED) is 0.522. The van der Waals surface area contributed by atoms with Crippen molar-refractivity contribution in [3.8, 4) is 0 Å². The maximum absolute atomic E-state index is 13.8. The predicted molar refractivity (Wildman–Crippen MR) is 126 cm³/mol. The Balaban J connectivity index is 1.73. The first kappa shape index (κ1) is 23.4. The highest BCUT2D eigenvalue weighted by Crippen LogP contribution is 2.71. The number of carbonyl (C=O) groups excluding carboxylic acids is 3. The number of halogens is 1. The summed E-state index contributed by atoms with van der Waals surface area (Å²) < 4.78 is -1.03. The Morgan fingerprint density at radius 2 is 2.03 bits per heavy atom. The number of thioether (sulfide) groups is 1. The summed E-state index contributed by atoms with van der Waals surface area (Å²) in [4.78, 5) is 42.0. The largest absolute Gasteiger partial charge is 0.396 e. The van der Waals surface area contributed by atoms with Gasteiger partial charge in [-0.15, -0.1) is 11.8 Å². The molecule has 3 saturated heterocycles. The number of nitrogens with one attached hydrogen (secondary N) is 2. The molecule has 174 valence electrons. The van der Waals surface area contributed by atoms with Crippen molar-refractivity contribution < 1.29 is 19.5 Å². The highest BCUT2D eigenvalue weighted by molar-refractivity contribution is 8.02. The minimum Gasteiger partial charge on any atom is -0.396 e. The van der Waals surface area contributed by atoms with Crippen molar-refractivity contribution in [3.05, 3.63) is 28.8 Å². The molecule has 0 radical (unpaired) electrons. The van der Waals surface area contributed by atoms with Crippen molar-refractivity contribution in [1.82, 2.24) is 10.2 Å². The minimum absolute atomic E-state index is 0.0277. The first-order chi connectivity index (χ1) is 15.2. The number of hydrogen-bond donors (Lipinski definition) is 3. The lowest BCUT2D eigenvalue weighted by atomic mass is 9.66. The smallest absolute Gasteiger partial charge is 0.248 e. The predicted octanol–water partition coefficient (Wildman–Crippen LogP) is 2.59. The SMILES string of the molecule is CNC(=O)[C@H]1[C@H]2C(=O)N(CCCCO)C(C(=O)Nc3c(C)cccc3Cl)C23CC[C@]1(C)S3. The number of nitrogens with zero attached hydrogens (tertiary/aromatic N) is 1. The van der Waals surface area contributed by atoms with Crippen LogP contribution in [0.1, 0.15) is 38.2 Å². The number of anilines is 1. The van der Waals surface area contributed by atoms with E-state index in [-0.39, 0.29) is 29.1 Å². The van der Waals surface area contributed by atoms with Crippen molar-refractivity contribution >= 4 is 46.8 Å². The van der Waals surface area contributed by atoms with E-state index in [1.807, 2.05) is 26.0 Å². The van der Waals surface area contributed by atoms with Crippen molar-refractivity contribution in [2.75, 3.05) is 25.5 Å². The van der Waals surface area contributed by atoms with Crippen LogP contribution in [-0.2, 0) is 14.4 Å². The summed E-state index contributed by atoms with van der Waals surface area (Å²) in [6, 6.07) is 4.73. The van der Waals surface area contributed by atoms with E-state index in [1.165, 1.54) is 0 Å². The Morgan fingerprint density at radius 1 is 1.28 bits per heavy atom. The molecule has 3 amide bonds. The van der Waals surface area contributed by atoms with E-state index in [0.717, 1.165) is 12.0 Å². The first-order valence-corrected chi connectivity index (χ1v) is 12.3. The number of aliphatic hydroxyl groups excluding tert-OH is 1. The number of fused-ring (bicyclic) bond motifs is 1. The molecule has 3 fully saturated rings. The maximum Gasteiger partial charge on any atom is 0.248 e. The Labute approximate surface area is 197 Å². The van der Waals surface area contributed by atoms with Crippen molar-refractivity contribution in [3.63, 3.8) is 0 Å². The molecular weight excluding hydrogens is 450 g/mol. The summed E-state index contributed by atoms with van der Waals surface area (Å²) in [5, 5.41) is 15.4. The minimum atomic E-state index is -0.698. The highest BCUT2D eigenvalue weighted by atomic mass is 35.5. The molecule has 3 aliphatic rings. The first-order valence-electron chi connectivity index (χ1n) is 11.1. The molecule has 1 spiro atoms. The van der Waals surface area contributed by atoms with E-state index in [4.69, 9.17) is 11.6 Å². The van der Waals surface area contributed by atoms with Crippen molar-refractivity contribution in [2.45, 2.75) is 55.1 Å². The second-order valence-corrected chi connectivity index (χ2v) is 11.5. The Morgan fingerprint density at radius 3 is 2.69 bits per heavy atom. The summed E-state index contributed by atoms with van der Waals surface area (Å²) in [6.07, 6.45) is 2.61. The van der Waals surface area contributed by atoms with Gasteiger partial charge in [-0.05, 0) is 51.2 Å². The van der Waals surface area contributed by atoms with E-state index in [9.17, 15) is 19.5 Å². The number of aryl methyl sites for hydroxylation is 1. The van der Waals surface area contributed by atoms with Crippen molar-refractivity contribution in [2.24, 2.45) is 11.8 Å². The molecule has 3 N–H and O–H groups in total. The molecule has 0 aromatic heterocycles. The maximum atomic E-state index is 13.8. The third-order valence-corrected chi connectivity index (χ3v) is 9.63. The molecule has 3 aliphatic heterocycles. The molecule has 3 heterocycles.